The Bertz CT molecular complexity index is 1030. The van der Waals surface area contributed by atoms with Crippen LogP contribution in [0, 0.1) is 11.7 Å². The molecule has 2 aromatic rings. The van der Waals surface area contributed by atoms with Gasteiger partial charge >= 0.3 is 0 Å². The molecule has 166 valence electrons. The zero-order chi connectivity index (χ0) is 22.6. The highest BCUT2D eigenvalue weighted by Gasteiger charge is 2.28. The molecule has 31 heavy (non-hydrogen) atoms. The van der Waals surface area contributed by atoms with Crippen LogP contribution in [0.25, 0.3) is 0 Å². The van der Waals surface area contributed by atoms with E-state index in [2.05, 4.69) is 10.0 Å². The van der Waals surface area contributed by atoms with Crippen LogP contribution in [-0.4, -0.2) is 44.3 Å². The minimum Gasteiger partial charge on any atom is -0.354 e. The van der Waals surface area contributed by atoms with Gasteiger partial charge in [0.25, 0.3) is 15.9 Å². The van der Waals surface area contributed by atoms with Crippen LogP contribution in [0.15, 0.2) is 53.4 Å². The lowest BCUT2D eigenvalue weighted by Gasteiger charge is -2.31. The highest BCUT2D eigenvalue weighted by atomic mass is 32.2. The molecule has 3 rings (SSSR count). The number of piperidine rings is 1. The number of halogens is 1. The predicted octanol–water partition coefficient (Wildman–Crippen LogP) is 3.00. The van der Waals surface area contributed by atoms with Gasteiger partial charge in [0.2, 0.25) is 5.91 Å². The number of nitrogens with zero attached hydrogens (tertiary/aromatic N) is 1. The average Bonchev–Trinajstić information content (AvgIpc) is 2.73. The number of hydrogen-bond donors (Lipinski definition) is 2. The van der Waals surface area contributed by atoms with Gasteiger partial charge in [0.05, 0.1) is 4.90 Å². The number of rotatable bonds is 6. The summed E-state index contributed by atoms with van der Waals surface area (Å²) in [5, 5.41) is 2.91. The van der Waals surface area contributed by atoms with E-state index < -0.39 is 15.8 Å². The lowest BCUT2D eigenvalue weighted by Crippen LogP contribution is -2.44. The summed E-state index contributed by atoms with van der Waals surface area (Å²) in [5.74, 6) is -0.739. The Hall–Kier alpha value is -2.94. The van der Waals surface area contributed by atoms with Crippen molar-refractivity contribution in [1.82, 2.24) is 10.2 Å². The number of carbonyl (C=O) groups excluding carboxylic acids is 2. The summed E-state index contributed by atoms with van der Waals surface area (Å²) in [6.07, 6.45) is 1.22. The van der Waals surface area contributed by atoms with E-state index in [-0.39, 0.29) is 28.7 Å². The van der Waals surface area contributed by atoms with Gasteiger partial charge < -0.3 is 10.2 Å². The number of hydrogen-bond acceptors (Lipinski definition) is 4. The molecule has 1 heterocycles. The summed E-state index contributed by atoms with van der Waals surface area (Å²) in [6, 6.07) is 10.7. The molecule has 0 saturated carbocycles. The van der Waals surface area contributed by atoms with Gasteiger partial charge in [-0.15, -0.1) is 0 Å². The average molecular weight is 448 g/mol. The highest BCUT2D eigenvalue weighted by Crippen LogP contribution is 2.21. The van der Waals surface area contributed by atoms with Crippen molar-refractivity contribution in [2.24, 2.45) is 5.92 Å². The van der Waals surface area contributed by atoms with Crippen molar-refractivity contribution in [1.29, 1.82) is 0 Å². The third-order valence-electron chi connectivity index (χ3n) is 5.09. The van der Waals surface area contributed by atoms with Gasteiger partial charge in [0.1, 0.15) is 5.82 Å². The van der Waals surface area contributed by atoms with Crippen LogP contribution in [0.3, 0.4) is 0 Å². The van der Waals surface area contributed by atoms with Crippen molar-refractivity contribution < 1.29 is 22.4 Å². The fraction of sp³-hybridized carbons (Fsp3) is 0.364. The van der Waals surface area contributed by atoms with Gasteiger partial charge in [-0.05, 0) is 75.2 Å². The smallest absolute Gasteiger partial charge is 0.261 e. The van der Waals surface area contributed by atoms with E-state index in [4.69, 9.17) is 0 Å². The zero-order valence-electron chi connectivity index (χ0n) is 17.5. The van der Waals surface area contributed by atoms with E-state index in [1.54, 1.807) is 17.0 Å². The highest BCUT2D eigenvalue weighted by molar-refractivity contribution is 7.92. The Labute approximate surface area is 181 Å². The first-order valence-electron chi connectivity index (χ1n) is 10.1. The van der Waals surface area contributed by atoms with Crippen LogP contribution in [-0.2, 0) is 14.8 Å². The second-order valence-corrected chi connectivity index (χ2v) is 9.55. The molecule has 0 spiro atoms. The minimum absolute atomic E-state index is 0.0277. The van der Waals surface area contributed by atoms with Gasteiger partial charge in [-0.2, -0.15) is 0 Å². The number of nitrogens with one attached hydrogen (secondary N) is 2. The third-order valence-corrected chi connectivity index (χ3v) is 6.49. The second kappa shape index (κ2) is 9.47. The molecule has 0 radical (unpaired) electrons. The summed E-state index contributed by atoms with van der Waals surface area (Å²) in [5.41, 5.74) is 0.736. The SMILES string of the molecule is CC(C)NC(=O)C1CCN(C(=O)c2ccc(NS(=O)(=O)c3ccc(F)cc3)cc2)CC1. The molecule has 1 fully saturated rings. The summed E-state index contributed by atoms with van der Waals surface area (Å²) in [7, 11) is -3.86. The van der Waals surface area contributed by atoms with E-state index in [1.807, 2.05) is 13.8 Å². The van der Waals surface area contributed by atoms with E-state index in [0.717, 1.165) is 12.1 Å². The van der Waals surface area contributed by atoms with Gasteiger partial charge in [0, 0.05) is 36.3 Å². The lowest BCUT2D eigenvalue weighted by atomic mass is 9.95. The summed E-state index contributed by atoms with van der Waals surface area (Å²) < 4.78 is 40.2. The van der Waals surface area contributed by atoms with Crippen LogP contribution >= 0.6 is 0 Å². The van der Waals surface area contributed by atoms with E-state index >= 15 is 0 Å². The van der Waals surface area contributed by atoms with Gasteiger partial charge in [-0.1, -0.05) is 0 Å². The molecule has 0 aromatic heterocycles. The molecule has 2 amide bonds. The van der Waals surface area contributed by atoms with Crippen LogP contribution in [0.4, 0.5) is 10.1 Å². The number of anilines is 1. The lowest BCUT2D eigenvalue weighted by molar-refractivity contribution is -0.126. The second-order valence-electron chi connectivity index (χ2n) is 7.87. The first-order chi connectivity index (χ1) is 14.7. The zero-order valence-corrected chi connectivity index (χ0v) is 18.3. The number of benzene rings is 2. The number of sulfonamides is 1. The Balaban J connectivity index is 1.59. The Morgan fingerprint density at radius 3 is 2.13 bits per heavy atom. The maximum Gasteiger partial charge on any atom is 0.261 e. The normalized spacial score (nSPS) is 15.0. The largest absolute Gasteiger partial charge is 0.354 e. The monoisotopic (exact) mass is 447 g/mol. The molecular formula is C22H26FN3O4S. The molecule has 9 heteroatoms. The Morgan fingerprint density at radius 1 is 1.00 bits per heavy atom. The standard InChI is InChI=1S/C22H26FN3O4S/c1-15(2)24-21(27)16-11-13-26(14-12-16)22(28)17-3-7-19(8-4-17)25-31(29,30)20-9-5-18(23)6-10-20/h3-10,15-16,25H,11-14H2,1-2H3,(H,24,27). The molecule has 1 aliphatic heterocycles. The summed E-state index contributed by atoms with van der Waals surface area (Å²) >= 11 is 0. The van der Waals surface area contributed by atoms with Gasteiger partial charge in [0.15, 0.2) is 0 Å². The van der Waals surface area contributed by atoms with E-state index in [9.17, 15) is 22.4 Å². The Morgan fingerprint density at radius 2 is 1.58 bits per heavy atom. The van der Waals surface area contributed by atoms with Crippen LogP contribution in [0.2, 0.25) is 0 Å². The Kier molecular flexibility index (Phi) is 6.94. The van der Waals surface area contributed by atoms with Crippen molar-refractivity contribution in [3.63, 3.8) is 0 Å². The van der Waals surface area contributed by atoms with Crippen molar-refractivity contribution >= 4 is 27.5 Å². The van der Waals surface area contributed by atoms with Gasteiger partial charge in [-0.3, -0.25) is 14.3 Å². The van der Waals surface area contributed by atoms with Gasteiger partial charge in [-0.25, -0.2) is 12.8 Å². The molecule has 0 bridgehead atoms. The molecule has 7 nitrogen and oxygen atoms in total. The van der Waals surface area contributed by atoms with Crippen molar-refractivity contribution in [3.05, 3.63) is 59.9 Å². The molecular weight excluding hydrogens is 421 g/mol. The molecule has 0 unspecified atom stereocenters. The number of likely N-dealkylation sites (tertiary alicyclic amines) is 1. The third kappa shape index (κ3) is 5.81. The predicted molar refractivity (Wildman–Crippen MR) is 116 cm³/mol. The van der Waals surface area contributed by atoms with Crippen molar-refractivity contribution in [2.45, 2.75) is 37.6 Å². The van der Waals surface area contributed by atoms with Crippen LogP contribution < -0.4 is 10.0 Å². The first kappa shape index (κ1) is 22.7. The molecule has 1 saturated heterocycles. The van der Waals surface area contributed by atoms with Crippen LogP contribution in [0.5, 0.6) is 0 Å². The van der Waals surface area contributed by atoms with Crippen LogP contribution in [0.1, 0.15) is 37.0 Å². The van der Waals surface area contributed by atoms with Crippen molar-refractivity contribution in [2.75, 3.05) is 17.8 Å². The summed E-state index contributed by atoms with van der Waals surface area (Å²) in [4.78, 5) is 26.5. The number of carbonyl (C=O) groups is 2. The molecule has 1 aliphatic rings. The van der Waals surface area contributed by atoms with Crippen molar-refractivity contribution in [3.8, 4) is 0 Å². The fourth-order valence-corrected chi connectivity index (χ4v) is 4.50. The van der Waals surface area contributed by atoms with E-state index in [0.29, 0.717) is 37.2 Å². The fourth-order valence-electron chi connectivity index (χ4n) is 3.44. The topological polar surface area (TPSA) is 95.6 Å². The first-order valence-corrected chi connectivity index (χ1v) is 11.6. The molecule has 2 aromatic carbocycles. The number of amides is 2. The summed E-state index contributed by atoms with van der Waals surface area (Å²) in [6.45, 7) is 4.82. The quantitative estimate of drug-likeness (QED) is 0.712. The molecule has 2 N–H and O–H groups in total. The molecule has 0 atom stereocenters. The minimum atomic E-state index is -3.86. The van der Waals surface area contributed by atoms with E-state index in [1.165, 1.54) is 24.3 Å². The maximum absolute atomic E-state index is 13.0. The molecule has 0 aliphatic carbocycles. The maximum atomic E-state index is 13.0.